The molecule has 7 heteroatoms. The molecule has 21 heavy (non-hydrogen) atoms. The summed E-state index contributed by atoms with van der Waals surface area (Å²) in [5.41, 5.74) is 7.08. The van der Waals surface area contributed by atoms with E-state index in [0.29, 0.717) is 35.8 Å². The summed E-state index contributed by atoms with van der Waals surface area (Å²) >= 11 is 6.23. The summed E-state index contributed by atoms with van der Waals surface area (Å²) in [7, 11) is 0. The first kappa shape index (κ1) is 14.3. The monoisotopic (exact) mass is 307 g/mol. The molecule has 1 fully saturated rings. The smallest absolute Gasteiger partial charge is 0.183 e. The molecular weight excluding hydrogens is 290 g/mol. The summed E-state index contributed by atoms with van der Waals surface area (Å²) in [4.78, 5) is 0. The largest absolute Gasteiger partial charge is 0.398 e. The van der Waals surface area contributed by atoms with Gasteiger partial charge in [0.1, 0.15) is 0 Å². The molecule has 1 aliphatic carbocycles. The molecule has 3 rings (SSSR count). The van der Waals surface area contributed by atoms with E-state index in [0.717, 1.165) is 18.4 Å². The fraction of sp³-hybridized carbons (Fsp3) is 0.500. The van der Waals surface area contributed by atoms with Crippen LogP contribution in [0.5, 0.6) is 0 Å². The van der Waals surface area contributed by atoms with Crippen molar-refractivity contribution in [3.05, 3.63) is 23.2 Å². The van der Waals surface area contributed by atoms with E-state index in [4.69, 9.17) is 22.1 Å². The standard InChI is InChI=1S/C14H18ClN5O/c15-13-11(6-3-7-12(13)16)14-17-18-19-20(14)8-9-21-10-4-1-2-5-10/h3,6-7,10H,1-2,4-5,8-9,16H2. The zero-order valence-electron chi connectivity index (χ0n) is 11.7. The van der Waals surface area contributed by atoms with Crippen molar-refractivity contribution in [2.45, 2.75) is 38.3 Å². The Morgan fingerprint density at radius 2 is 2.14 bits per heavy atom. The number of nitrogen functional groups attached to an aromatic ring is 1. The lowest BCUT2D eigenvalue weighted by molar-refractivity contribution is 0.0514. The second-order valence-electron chi connectivity index (χ2n) is 5.21. The van der Waals surface area contributed by atoms with Crippen LogP contribution in [0.25, 0.3) is 11.4 Å². The van der Waals surface area contributed by atoms with E-state index in [-0.39, 0.29) is 0 Å². The summed E-state index contributed by atoms with van der Waals surface area (Å²) in [5.74, 6) is 0.613. The van der Waals surface area contributed by atoms with Gasteiger partial charge in [0.15, 0.2) is 5.82 Å². The molecule has 1 heterocycles. The van der Waals surface area contributed by atoms with E-state index in [2.05, 4.69) is 15.5 Å². The predicted octanol–water partition coefficient (Wildman–Crippen LogP) is 2.53. The van der Waals surface area contributed by atoms with Gasteiger partial charge in [0, 0.05) is 5.56 Å². The fourth-order valence-electron chi connectivity index (χ4n) is 2.63. The minimum atomic E-state index is 0.390. The second-order valence-corrected chi connectivity index (χ2v) is 5.59. The molecule has 0 radical (unpaired) electrons. The third-order valence-electron chi connectivity index (χ3n) is 3.76. The SMILES string of the molecule is Nc1cccc(-c2nnnn2CCOC2CCCC2)c1Cl. The number of hydrogen-bond acceptors (Lipinski definition) is 5. The number of anilines is 1. The molecular formula is C14H18ClN5O. The van der Waals surface area contributed by atoms with Gasteiger partial charge in [-0.1, -0.05) is 30.5 Å². The van der Waals surface area contributed by atoms with Gasteiger partial charge >= 0.3 is 0 Å². The van der Waals surface area contributed by atoms with Gasteiger partial charge in [-0.05, 0) is 35.4 Å². The van der Waals surface area contributed by atoms with E-state index in [1.807, 2.05) is 12.1 Å². The summed E-state index contributed by atoms with van der Waals surface area (Å²) < 4.78 is 7.55. The Morgan fingerprint density at radius 3 is 2.95 bits per heavy atom. The van der Waals surface area contributed by atoms with E-state index >= 15 is 0 Å². The number of hydrogen-bond donors (Lipinski definition) is 1. The molecule has 112 valence electrons. The van der Waals surface area contributed by atoms with Crippen LogP contribution in [0, 0.1) is 0 Å². The third kappa shape index (κ3) is 3.16. The Hall–Kier alpha value is -1.66. The lowest BCUT2D eigenvalue weighted by atomic mass is 10.2. The average Bonchev–Trinajstić information content (AvgIpc) is 3.14. The molecule has 0 aliphatic heterocycles. The van der Waals surface area contributed by atoms with Crippen molar-refractivity contribution in [1.82, 2.24) is 20.2 Å². The predicted molar refractivity (Wildman–Crippen MR) is 80.9 cm³/mol. The van der Waals surface area contributed by atoms with E-state index in [1.165, 1.54) is 12.8 Å². The normalized spacial score (nSPS) is 15.7. The van der Waals surface area contributed by atoms with Crippen LogP contribution in [0.15, 0.2) is 18.2 Å². The topological polar surface area (TPSA) is 78.9 Å². The Kier molecular flexibility index (Phi) is 4.36. The minimum Gasteiger partial charge on any atom is -0.398 e. The van der Waals surface area contributed by atoms with Crippen LogP contribution < -0.4 is 5.73 Å². The minimum absolute atomic E-state index is 0.390. The first-order valence-corrected chi connectivity index (χ1v) is 7.55. The van der Waals surface area contributed by atoms with Crippen LogP contribution in [0.1, 0.15) is 25.7 Å². The van der Waals surface area contributed by atoms with Gasteiger partial charge in [-0.2, -0.15) is 0 Å². The molecule has 0 unspecified atom stereocenters. The van der Waals surface area contributed by atoms with Crippen molar-refractivity contribution < 1.29 is 4.74 Å². The van der Waals surface area contributed by atoms with Gasteiger partial charge in [-0.3, -0.25) is 0 Å². The first-order chi connectivity index (χ1) is 10.3. The molecule has 2 aromatic rings. The second kappa shape index (κ2) is 6.41. The highest BCUT2D eigenvalue weighted by molar-refractivity contribution is 6.35. The van der Waals surface area contributed by atoms with E-state index < -0.39 is 0 Å². The summed E-state index contributed by atoms with van der Waals surface area (Å²) in [6.45, 7) is 1.20. The highest BCUT2D eigenvalue weighted by atomic mass is 35.5. The molecule has 1 aliphatic rings. The Labute approximate surface area is 128 Å². The molecule has 0 bridgehead atoms. The lowest BCUT2D eigenvalue weighted by Gasteiger charge is -2.11. The van der Waals surface area contributed by atoms with Crippen LogP contribution in [0.3, 0.4) is 0 Å². The highest BCUT2D eigenvalue weighted by Gasteiger charge is 2.17. The molecule has 2 N–H and O–H groups in total. The Balaban J connectivity index is 1.70. The van der Waals surface area contributed by atoms with Crippen molar-refractivity contribution in [1.29, 1.82) is 0 Å². The van der Waals surface area contributed by atoms with Crippen molar-refractivity contribution in [3.8, 4) is 11.4 Å². The van der Waals surface area contributed by atoms with Crippen molar-refractivity contribution in [2.24, 2.45) is 0 Å². The lowest BCUT2D eigenvalue weighted by Crippen LogP contribution is -2.14. The number of rotatable bonds is 5. The fourth-order valence-corrected chi connectivity index (χ4v) is 2.84. The van der Waals surface area contributed by atoms with Crippen LogP contribution >= 0.6 is 11.6 Å². The maximum Gasteiger partial charge on any atom is 0.183 e. The molecule has 1 aromatic heterocycles. The highest BCUT2D eigenvalue weighted by Crippen LogP contribution is 2.30. The van der Waals surface area contributed by atoms with Crippen LogP contribution in [0.2, 0.25) is 5.02 Å². The van der Waals surface area contributed by atoms with Crippen molar-refractivity contribution >= 4 is 17.3 Å². The zero-order chi connectivity index (χ0) is 14.7. The van der Waals surface area contributed by atoms with Gasteiger partial charge < -0.3 is 10.5 Å². The number of benzene rings is 1. The zero-order valence-corrected chi connectivity index (χ0v) is 12.5. The number of nitrogens with two attached hydrogens (primary N) is 1. The number of ether oxygens (including phenoxy) is 1. The van der Waals surface area contributed by atoms with E-state index in [1.54, 1.807) is 10.7 Å². The Morgan fingerprint density at radius 1 is 1.33 bits per heavy atom. The number of tetrazole rings is 1. The summed E-state index contributed by atoms with van der Waals surface area (Å²) in [6.07, 6.45) is 5.23. The molecule has 6 nitrogen and oxygen atoms in total. The molecule has 1 saturated carbocycles. The van der Waals surface area contributed by atoms with Gasteiger partial charge in [-0.15, -0.1) is 5.10 Å². The molecule has 1 aromatic carbocycles. The van der Waals surface area contributed by atoms with Crippen LogP contribution in [-0.2, 0) is 11.3 Å². The number of halogens is 1. The molecule has 0 saturated heterocycles. The Bertz CT molecular complexity index is 609. The summed E-state index contributed by atoms with van der Waals surface area (Å²) in [6, 6.07) is 5.45. The molecule has 0 atom stereocenters. The first-order valence-electron chi connectivity index (χ1n) is 7.18. The quantitative estimate of drug-likeness (QED) is 0.859. The third-order valence-corrected chi connectivity index (χ3v) is 4.18. The van der Waals surface area contributed by atoms with Crippen LogP contribution in [-0.4, -0.2) is 32.9 Å². The number of nitrogens with zero attached hydrogens (tertiary/aromatic N) is 4. The van der Waals surface area contributed by atoms with E-state index in [9.17, 15) is 0 Å². The van der Waals surface area contributed by atoms with Crippen molar-refractivity contribution in [3.63, 3.8) is 0 Å². The molecule has 0 amide bonds. The maximum atomic E-state index is 6.23. The van der Waals surface area contributed by atoms with Crippen molar-refractivity contribution in [2.75, 3.05) is 12.3 Å². The average molecular weight is 308 g/mol. The van der Waals surface area contributed by atoms with Crippen LogP contribution in [0.4, 0.5) is 5.69 Å². The van der Waals surface area contributed by atoms with Gasteiger partial charge in [-0.25, -0.2) is 4.68 Å². The maximum absolute atomic E-state index is 6.23. The molecule has 0 spiro atoms. The van der Waals surface area contributed by atoms with Gasteiger partial charge in [0.2, 0.25) is 0 Å². The van der Waals surface area contributed by atoms with Gasteiger partial charge in [0.05, 0.1) is 30.0 Å². The number of aromatic nitrogens is 4. The summed E-state index contributed by atoms with van der Waals surface area (Å²) in [5, 5.41) is 12.3. The van der Waals surface area contributed by atoms with Gasteiger partial charge in [0.25, 0.3) is 0 Å².